The third-order valence-corrected chi connectivity index (χ3v) is 4.86. The highest BCUT2D eigenvalue weighted by Crippen LogP contribution is 2.20. The molecule has 3 rings (SSSR count). The van der Waals surface area contributed by atoms with E-state index in [1.54, 1.807) is 24.3 Å². The minimum Gasteiger partial charge on any atom is -0.348 e. The van der Waals surface area contributed by atoms with E-state index in [-0.39, 0.29) is 23.0 Å². The number of nitrogens with zero attached hydrogens (tertiary/aromatic N) is 1. The molecule has 7 heteroatoms. The van der Waals surface area contributed by atoms with Crippen LogP contribution in [0.5, 0.6) is 0 Å². The van der Waals surface area contributed by atoms with Crippen molar-refractivity contribution in [3.63, 3.8) is 0 Å². The number of hydrogen-bond donors (Lipinski definition) is 1. The molecule has 0 saturated carbocycles. The number of benzene rings is 2. The fourth-order valence-corrected chi connectivity index (χ4v) is 3.26. The lowest BCUT2D eigenvalue weighted by Gasteiger charge is -2.26. The summed E-state index contributed by atoms with van der Waals surface area (Å²) in [7, 11) is 0. The van der Waals surface area contributed by atoms with Crippen molar-refractivity contribution in [2.75, 3.05) is 13.1 Å². The molecule has 2 amide bonds. The Morgan fingerprint density at radius 2 is 1.63 bits per heavy atom. The van der Waals surface area contributed by atoms with Crippen LogP contribution < -0.4 is 5.32 Å². The summed E-state index contributed by atoms with van der Waals surface area (Å²) < 4.78 is 26.4. The number of carbonyl (C=O) groups is 2. The van der Waals surface area contributed by atoms with E-state index in [2.05, 4.69) is 5.32 Å². The largest absolute Gasteiger partial charge is 0.348 e. The minimum absolute atomic E-state index is 0.0128. The summed E-state index contributed by atoms with van der Waals surface area (Å²) in [5, 5.41) is 2.45. The predicted octanol–water partition coefficient (Wildman–Crippen LogP) is 4.17. The number of hydrogen-bond acceptors (Lipinski definition) is 2. The molecular weight excluding hydrogens is 374 g/mol. The lowest BCUT2D eigenvalue weighted by molar-refractivity contribution is 0.0724. The topological polar surface area (TPSA) is 49.4 Å². The van der Waals surface area contributed by atoms with E-state index in [9.17, 15) is 18.4 Å². The second kappa shape index (κ2) is 8.48. The number of amides is 2. The third-order valence-electron chi connectivity index (χ3n) is 4.55. The van der Waals surface area contributed by atoms with Gasteiger partial charge in [0.15, 0.2) is 11.6 Å². The van der Waals surface area contributed by atoms with Crippen molar-refractivity contribution in [1.82, 2.24) is 10.2 Å². The van der Waals surface area contributed by atoms with Crippen LogP contribution in [-0.4, -0.2) is 29.8 Å². The van der Waals surface area contributed by atoms with E-state index >= 15 is 0 Å². The molecule has 0 bridgehead atoms. The predicted molar refractivity (Wildman–Crippen MR) is 98.7 cm³/mol. The van der Waals surface area contributed by atoms with Crippen molar-refractivity contribution in [3.05, 3.63) is 69.7 Å². The zero-order valence-electron chi connectivity index (χ0n) is 14.6. The summed E-state index contributed by atoms with van der Waals surface area (Å²) in [5.41, 5.74) is 1.25. The Balaban J connectivity index is 1.61. The van der Waals surface area contributed by atoms with Crippen molar-refractivity contribution in [3.8, 4) is 0 Å². The molecule has 1 saturated heterocycles. The SMILES string of the molecule is O=C(NCc1ccc(C(=O)N2CCCCC2)cc1)c1cc(F)c(F)cc1Cl. The standard InChI is InChI=1S/C20H19ClF2N2O2/c21-16-11-18(23)17(22)10-15(16)19(26)24-12-13-4-6-14(7-5-13)20(27)25-8-2-1-3-9-25/h4-7,10-11H,1-3,8-9,12H2,(H,24,26). The first-order valence-electron chi connectivity index (χ1n) is 8.76. The second-order valence-electron chi connectivity index (χ2n) is 6.48. The van der Waals surface area contributed by atoms with Crippen molar-refractivity contribution >= 4 is 23.4 Å². The van der Waals surface area contributed by atoms with Gasteiger partial charge in [0, 0.05) is 25.2 Å². The summed E-state index contributed by atoms with van der Waals surface area (Å²) in [6.45, 7) is 1.74. The highest BCUT2D eigenvalue weighted by molar-refractivity contribution is 6.33. The summed E-state index contributed by atoms with van der Waals surface area (Å²) in [5.74, 6) is -2.83. The molecule has 1 fully saturated rings. The third kappa shape index (κ3) is 4.63. The molecule has 0 spiro atoms. The van der Waals surface area contributed by atoms with Crippen LogP contribution in [0.15, 0.2) is 36.4 Å². The van der Waals surface area contributed by atoms with Gasteiger partial charge in [0.1, 0.15) is 0 Å². The minimum atomic E-state index is -1.13. The Morgan fingerprint density at radius 3 is 2.30 bits per heavy atom. The number of likely N-dealkylation sites (tertiary alicyclic amines) is 1. The van der Waals surface area contributed by atoms with E-state index in [0.29, 0.717) is 5.56 Å². The average Bonchev–Trinajstić information content (AvgIpc) is 2.69. The molecule has 142 valence electrons. The molecule has 1 N–H and O–H groups in total. The monoisotopic (exact) mass is 392 g/mol. The Labute approximate surface area is 161 Å². The molecule has 27 heavy (non-hydrogen) atoms. The van der Waals surface area contributed by atoms with Gasteiger partial charge >= 0.3 is 0 Å². The first-order chi connectivity index (χ1) is 13.0. The lowest BCUT2D eigenvalue weighted by Crippen LogP contribution is -2.35. The molecule has 0 radical (unpaired) electrons. The van der Waals surface area contributed by atoms with Crippen LogP contribution in [0.25, 0.3) is 0 Å². The van der Waals surface area contributed by atoms with Gasteiger partial charge in [0.05, 0.1) is 10.6 Å². The molecule has 0 aliphatic carbocycles. The number of halogens is 3. The van der Waals surface area contributed by atoms with Crippen molar-refractivity contribution < 1.29 is 18.4 Å². The maximum Gasteiger partial charge on any atom is 0.253 e. The van der Waals surface area contributed by atoms with Crippen LogP contribution in [0.1, 0.15) is 45.5 Å². The van der Waals surface area contributed by atoms with Crippen LogP contribution in [-0.2, 0) is 6.54 Å². The second-order valence-corrected chi connectivity index (χ2v) is 6.89. The summed E-state index contributed by atoms with van der Waals surface area (Å²) >= 11 is 5.80. The molecule has 0 unspecified atom stereocenters. The van der Waals surface area contributed by atoms with Gasteiger partial charge in [0.25, 0.3) is 11.8 Å². The molecular formula is C20H19ClF2N2O2. The maximum atomic E-state index is 13.3. The number of rotatable bonds is 4. The van der Waals surface area contributed by atoms with Gasteiger partial charge in [-0.25, -0.2) is 8.78 Å². The molecule has 4 nitrogen and oxygen atoms in total. The Kier molecular flexibility index (Phi) is 6.06. The van der Waals surface area contributed by atoms with Gasteiger partial charge < -0.3 is 10.2 Å². The average molecular weight is 393 g/mol. The smallest absolute Gasteiger partial charge is 0.253 e. The van der Waals surface area contributed by atoms with E-state index in [1.807, 2.05) is 4.90 Å². The zero-order valence-corrected chi connectivity index (χ0v) is 15.4. The Bertz CT molecular complexity index is 850. The Morgan fingerprint density at radius 1 is 1.00 bits per heavy atom. The van der Waals surface area contributed by atoms with Crippen molar-refractivity contribution in [2.24, 2.45) is 0 Å². The van der Waals surface area contributed by atoms with Gasteiger partial charge in [-0.15, -0.1) is 0 Å². The van der Waals surface area contributed by atoms with E-state index < -0.39 is 17.5 Å². The van der Waals surface area contributed by atoms with Crippen LogP contribution in [0, 0.1) is 11.6 Å². The summed E-state index contributed by atoms with van der Waals surface area (Å²) in [6, 6.07) is 8.50. The number of piperidine rings is 1. The molecule has 0 aromatic heterocycles. The van der Waals surface area contributed by atoms with Crippen LogP contribution >= 0.6 is 11.6 Å². The summed E-state index contributed by atoms with van der Waals surface area (Å²) in [6.07, 6.45) is 3.22. The van der Waals surface area contributed by atoms with Gasteiger partial charge in [-0.2, -0.15) is 0 Å². The van der Waals surface area contributed by atoms with Gasteiger partial charge in [-0.05, 0) is 49.1 Å². The van der Waals surface area contributed by atoms with Gasteiger partial charge in [-0.1, -0.05) is 23.7 Å². The van der Waals surface area contributed by atoms with Gasteiger partial charge in [-0.3, -0.25) is 9.59 Å². The van der Waals surface area contributed by atoms with Crippen LogP contribution in [0.4, 0.5) is 8.78 Å². The van der Waals surface area contributed by atoms with Crippen LogP contribution in [0.3, 0.4) is 0 Å². The van der Waals surface area contributed by atoms with Gasteiger partial charge in [0.2, 0.25) is 0 Å². The molecule has 1 aliphatic heterocycles. The van der Waals surface area contributed by atoms with E-state index in [0.717, 1.165) is 50.0 Å². The molecule has 2 aromatic carbocycles. The lowest BCUT2D eigenvalue weighted by atomic mass is 10.1. The van der Waals surface area contributed by atoms with E-state index in [1.165, 1.54) is 0 Å². The molecule has 1 heterocycles. The Hall–Kier alpha value is -2.47. The highest BCUT2D eigenvalue weighted by atomic mass is 35.5. The summed E-state index contributed by atoms with van der Waals surface area (Å²) in [4.78, 5) is 26.4. The number of carbonyl (C=O) groups excluding carboxylic acids is 2. The molecule has 0 atom stereocenters. The van der Waals surface area contributed by atoms with Crippen molar-refractivity contribution in [1.29, 1.82) is 0 Å². The highest BCUT2D eigenvalue weighted by Gasteiger charge is 2.18. The quantitative estimate of drug-likeness (QED) is 0.794. The fraction of sp³-hybridized carbons (Fsp3) is 0.300. The van der Waals surface area contributed by atoms with Crippen LogP contribution in [0.2, 0.25) is 5.02 Å². The van der Waals surface area contributed by atoms with E-state index in [4.69, 9.17) is 11.6 Å². The first-order valence-corrected chi connectivity index (χ1v) is 9.14. The zero-order chi connectivity index (χ0) is 19.4. The first kappa shape index (κ1) is 19.3. The number of nitrogens with one attached hydrogen (secondary N) is 1. The molecule has 1 aliphatic rings. The van der Waals surface area contributed by atoms with Crippen molar-refractivity contribution in [2.45, 2.75) is 25.8 Å². The molecule has 2 aromatic rings. The maximum absolute atomic E-state index is 13.3. The normalized spacial score (nSPS) is 14.1. The fourth-order valence-electron chi connectivity index (χ4n) is 3.02.